The molecule has 0 saturated heterocycles. The smallest absolute Gasteiger partial charge is 0.338 e. The van der Waals surface area contributed by atoms with Gasteiger partial charge in [-0.2, -0.15) is 0 Å². The molecule has 4 heteroatoms. The molecule has 0 heterocycles. The zero-order valence-corrected chi connectivity index (χ0v) is 12.0. The number of benzene rings is 1. The minimum absolute atomic E-state index is 0.309. The van der Waals surface area contributed by atoms with Crippen LogP contribution in [0.1, 0.15) is 36.2 Å². The average Bonchev–Trinajstić information content (AvgIpc) is 2.30. The molecular weight excluding hydrogens is 282 g/mol. The normalized spacial score (nSPS) is 12.2. The molecule has 0 fully saturated rings. The van der Waals surface area contributed by atoms with Crippen LogP contribution >= 0.6 is 15.9 Å². The quantitative estimate of drug-likeness (QED) is 0.683. The van der Waals surface area contributed by atoms with Crippen molar-refractivity contribution in [3.63, 3.8) is 0 Å². The third kappa shape index (κ3) is 3.73. The van der Waals surface area contributed by atoms with Crippen molar-refractivity contribution >= 4 is 27.6 Å². The lowest BCUT2D eigenvalue weighted by Crippen LogP contribution is -2.13. The van der Waals surface area contributed by atoms with Crippen molar-refractivity contribution in [3.05, 3.63) is 27.7 Å². The van der Waals surface area contributed by atoms with Crippen LogP contribution < -0.4 is 5.73 Å². The Labute approximate surface area is 110 Å². The Bertz CT molecular complexity index is 418. The molecule has 1 rings (SSSR count). The molecular formula is C13H18BrNO2. The number of nitrogen functional groups attached to an aromatic ring is 1. The van der Waals surface area contributed by atoms with E-state index in [4.69, 9.17) is 10.5 Å². The van der Waals surface area contributed by atoms with E-state index in [0.717, 1.165) is 16.5 Å². The van der Waals surface area contributed by atoms with Crippen LogP contribution in [-0.2, 0) is 4.74 Å². The van der Waals surface area contributed by atoms with E-state index in [9.17, 15) is 4.79 Å². The SMILES string of the molecule is CCC(C)COC(=O)c1cc(Br)cc(N)c1C. The summed E-state index contributed by atoms with van der Waals surface area (Å²) in [5, 5.41) is 0. The van der Waals surface area contributed by atoms with E-state index in [0.29, 0.717) is 23.8 Å². The number of ether oxygens (including phenoxy) is 1. The number of esters is 1. The summed E-state index contributed by atoms with van der Waals surface area (Å²) in [4.78, 5) is 11.9. The number of carbonyl (C=O) groups is 1. The summed E-state index contributed by atoms with van der Waals surface area (Å²) in [5.41, 5.74) is 7.69. The second-order valence-electron chi connectivity index (χ2n) is 4.28. The Hall–Kier alpha value is -1.03. The van der Waals surface area contributed by atoms with Gasteiger partial charge in [-0.1, -0.05) is 36.2 Å². The summed E-state index contributed by atoms with van der Waals surface area (Å²) >= 11 is 3.32. The molecule has 0 saturated carbocycles. The summed E-state index contributed by atoms with van der Waals surface area (Å²) in [7, 11) is 0. The fraction of sp³-hybridized carbons (Fsp3) is 0.462. The van der Waals surface area contributed by atoms with E-state index < -0.39 is 0 Å². The molecule has 0 aliphatic heterocycles. The zero-order chi connectivity index (χ0) is 13.0. The van der Waals surface area contributed by atoms with Gasteiger partial charge in [0.05, 0.1) is 12.2 Å². The first-order chi connectivity index (χ1) is 7.95. The molecule has 0 spiro atoms. The molecule has 0 aliphatic carbocycles. The summed E-state index contributed by atoms with van der Waals surface area (Å²) in [6.07, 6.45) is 0.993. The predicted octanol–water partition coefficient (Wildman–Crippen LogP) is 3.54. The van der Waals surface area contributed by atoms with Crippen molar-refractivity contribution in [2.24, 2.45) is 5.92 Å². The van der Waals surface area contributed by atoms with Crippen molar-refractivity contribution in [3.8, 4) is 0 Å². The average molecular weight is 300 g/mol. The number of rotatable bonds is 4. The van der Waals surface area contributed by atoms with E-state index in [1.54, 1.807) is 12.1 Å². The maximum atomic E-state index is 11.9. The van der Waals surface area contributed by atoms with Crippen molar-refractivity contribution in [1.29, 1.82) is 0 Å². The number of anilines is 1. The van der Waals surface area contributed by atoms with Crippen LogP contribution in [0.2, 0.25) is 0 Å². The monoisotopic (exact) mass is 299 g/mol. The van der Waals surface area contributed by atoms with E-state index in [2.05, 4.69) is 29.8 Å². The first-order valence-corrected chi connectivity index (χ1v) is 6.47. The second-order valence-corrected chi connectivity index (χ2v) is 5.20. The van der Waals surface area contributed by atoms with Gasteiger partial charge in [0.15, 0.2) is 0 Å². The number of carbonyl (C=O) groups excluding carboxylic acids is 1. The van der Waals surface area contributed by atoms with Crippen molar-refractivity contribution in [2.45, 2.75) is 27.2 Å². The van der Waals surface area contributed by atoms with Crippen LogP contribution in [0.3, 0.4) is 0 Å². The molecule has 0 bridgehead atoms. The van der Waals surface area contributed by atoms with Crippen LogP contribution in [0.25, 0.3) is 0 Å². The van der Waals surface area contributed by atoms with Crippen LogP contribution in [0.4, 0.5) is 5.69 Å². The Kier molecular flexibility index (Phi) is 5.00. The van der Waals surface area contributed by atoms with Gasteiger partial charge in [-0.05, 0) is 30.5 Å². The zero-order valence-electron chi connectivity index (χ0n) is 10.4. The van der Waals surface area contributed by atoms with Gasteiger partial charge in [0, 0.05) is 10.2 Å². The third-order valence-corrected chi connectivity index (χ3v) is 3.29. The number of hydrogen-bond donors (Lipinski definition) is 1. The van der Waals surface area contributed by atoms with Crippen LogP contribution in [0.5, 0.6) is 0 Å². The molecule has 1 aromatic rings. The number of hydrogen-bond acceptors (Lipinski definition) is 3. The van der Waals surface area contributed by atoms with Gasteiger partial charge in [0.25, 0.3) is 0 Å². The van der Waals surface area contributed by atoms with E-state index >= 15 is 0 Å². The first kappa shape index (κ1) is 14.0. The molecule has 1 aromatic carbocycles. The maximum Gasteiger partial charge on any atom is 0.338 e. The van der Waals surface area contributed by atoms with Crippen LogP contribution in [0.15, 0.2) is 16.6 Å². The summed E-state index contributed by atoms with van der Waals surface area (Å²) in [6, 6.07) is 3.52. The summed E-state index contributed by atoms with van der Waals surface area (Å²) in [5.74, 6) is 0.0690. The highest BCUT2D eigenvalue weighted by Gasteiger charge is 2.14. The summed E-state index contributed by atoms with van der Waals surface area (Å²) < 4.78 is 6.04. The molecule has 3 nitrogen and oxygen atoms in total. The topological polar surface area (TPSA) is 52.3 Å². The molecule has 1 unspecified atom stereocenters. The molecule has 0 amide bonds. The number of halogens is 1. The van der Waals surface area contributed by atoms with Crippen LogP contribution in [0, 0.1) is 12.8 Å². The molecule has 2 N–H and O–H groups in total. The van der Waals surface area contributed by atoms with E-state index in [1.807, 2.05) is 6.92 Å². The predicted molar refractivity (Wildman–Crippen MR) is 73.0 cm³/mol. The fourth-order valence-corrected chi connectivity index (χ4v) is 1.80. The van der Waals surface area contributed by atoms with Crippen LogP contribution in [-0.4, -0.2) is 12.6 Å². The molecule has 0 radical (unpaired) electrons. The highest BCUT2D eigenvalue weighted by Crippen LogP contribution is 2.23. The third-order valence-electron chi connectivity index (χ3n) is 2.83. The number of nitrogens with two attached hydrogens (primary N) is 1. The molecule has 1 atom stereocenters. The minimum atomic E-state index is -0.309. The van der Waals surface area contributed by atoms with Crippen molar-refractivity contribution in [1.82, 2.24) is 0 Å². The Morgan fingerprint density at radius 2 is 2.18 bits per heavy atom. The summed E-state index contributed by atoms with van der Waals surface area (Å²) in [6.45, 7) is 6.39. The fourth-order valence-electron chi connectivity index (χ4n) is 1.33. The van der Waals surface area contributed by atoms with E-state index in [-0.39, 0.29) is 5.97 Å². The second kappa shape index (κ2) is 6.05. The van der Waals surface area contributed by atoms with Gasteiger partial charge >= 0.3 is 5.97 Å². The first-order valence-electron chi connectivity index (χ1n) is 5.68. The van der Waals surface area contributed by atoms with E-state index in [1.165, 1.54) is 0 Å². The molecule has 94 valence electrons. The van der Waals surface area contributed by atoms with Gasteiger partial charge in [-0.25, -0.2) is 4.79 Å². The Balaban J connectivity index is 2.82. The van der Waals surface area contributed by atoms with Crippen molar-refractivity contribution in [2.75, 3.05) is 12.3 Å². The molecule has 17 heavy (non-hydrogen) atoms. The Morgan fingerprint density at radius 3 is 2.76 bits per heavy atom. The minimum Gasteiger partial charge on any atom is -0.462 e. The van der Waals surface area contributed by atoms with Gasteiger partial charge in [-0.3, -0.25) is 0 Å². The van der Waals surface area contributed by atoms with Gasteiger partial charge < -0.3 is 10.5 Å². The maximum absolute atomic E-state index is 11.9. The molecule has 0 aromatic heterocycles. The largest absolute Gasteiger partial charge is 0.462 e. The van der Waals surface area contributed by atoms with Gasteiger partial charge in [0.2, 0.25) is 0 Å². The molecule has 0 aliphatic rings. The lowest BCUT2D eigenvalue weighted by Gasteiger charge is -2.12. The highest BCUT2D eigenvalue weighted by atomic mass is 79.9. The standard InChI is InChI=1S/C13H18BrNO2/c1-4-8(2)7-17-13(16)11-5-10(14)6-12(15)9(11)3/h5-6,8H,4,7,15H2,1-3H3. The van der Waals surface area contributed by atoms with Gasteiger partial charge in [0.1, 0.15) is 0 Å². The van der Waals surface area contributed by atoms with Gasteiger partial charge in [-0.15, -0.1) is 0 Å². The lowest BCUT2D eigenvalue weighted by atomic mass is 10.1. The lowest BCUT2D eigenvalue weighted by molar-refractivity contribution is 0.0446. The highest BCUT2D eigenvalue weighted by molar-refractivity contribution is 9.10. The van der Waals surface area contributed by atoms with Crippen molar-refractivity contribution < 1.29 is 9.53 Å². The Morgan fingerprint density at radius 1 is 1.53 bits per heavy atom.